The van der Waals surface area contributed by atoms with Crippen LogP contribution < -0.4 is 14.2 Å². The van der Waals surface area contributed by atoms with Crippen LogP contribution in [0.3, 0.4) is 0 Å². The van der Waals surface area contributed by atoms with E-state index in [0.717, 1.165) is 12.1 Å². The standard InChI is InChI=1S/C17H19NO4S2/c1-20-12-6-11(7-13(21-2)15(12)22-3)8-14-16(19)18(17(23)24-14)9-10-4-5-10/h6-8,10H,4-5,9H2,1-3H3/b14-8-. The molecule has 5 nitrogen and oxygen atoms in total. The van der Waals surface area contributed by atoms with Crippen molar-refractivity contribution in [1.29, 1.82) is 0 Å². The van der Waals surface area contributed by atoms with Gasteiger partial charge in [0.25, 0.3) is 5.91 Å². The van der Waals surface area contributed by atoms with E-state index in [-0.39, 0.29) is 5.91 Å². The van der Waals surface area contributed by atoms with Crippen molar-refractivity contribution in [3.63, 3.8) is 0 Å². The van der Waals surface area contributed by atoms with Crippen LogP contribution in [0.5, 0.6) is 17.2 Å². The number of carbonyl (C=O) groups is 1. The monoisotopic (exact) mass is 365 g/mol. The average molecular weight is 365 g/mol. The van der Waals surface area contributed by atoms with Gasteiger partial charge in [-0.3, -0.25) is 9.69 Å². The molecule has 1 heterocycles. The van der Waals surface area contributed by atoms with Crippen LogP contribution >= 0.6 is 24.0 Å². The Morgan fingerprint density at radius 2 is 1.83 bits per heavy atom. The lowest BCUT2D eigenvalue weighted by Gasteiger charge is -2.13. The summed E-state index contributed by atoms with van der Waals surface area (Å²) < 4.78 is 16.7. The summed E-state index contributed by atoms with van der Waals surface area (Å²) in [6.07, 6.45) is 4.18. The molecule has 1 saturated carbocycles. The number of thioether (sulfide) groups is 1. The molecule has 0 atom stereocenters. The zero-order valence-electron chi connectivity index (χ0n) is 13.8. The summed E-state index contributed by atoms with van der Waals surface area (Å²) in [6.45, 7) is 0.733. The smallest absolute Gasteiger partial charge is 0.266 e. The molecule has 0 aromatic heterocycles. The Morgan fingerprint density at radius 1 is 1.21 bits per heavy atom. The third kappa shape index (κ3) is 3.37. The molecule has 1 aromatic rings. The van der Waals surface area contributed by atoms with Gasteiger partial charge in [-0.15, -0.1) is 0 Å². The number of nitrogens with zero attached hydrogens (tertiary/aromatic N) is 1. The number of hydrogen-bond donors (Lipinski definition) is 0. The number of benzene rings is 1. The highest BCUT2D eigenvalue weighted by atomic mass is 32.2. The second kappa shape index (κ2) is 7.03. The Bertz CT molecular complexity index is 688. The summed E-state index contributed by atoms with van der Waals surface area (Å²) >= 11 is 6.69. The van der Waals surface area contributed by atoms with Crippen LogP contribution in [0, 0.1) is 5.92 Å². The Hall–Kier alpha value is -1.73. The van der Waals surface area contributed by atoms with E-state index in [1.807, 2.05) is 18.2 Å². The molecule has 2 aliphatic rings. The van der Waals surface area contributed by atoms with E-state index in [1.165, 1.54) is 24.6 Å². The molecule has 0 radical (unpaired) electrons. The number of ether oxygens (including phenoxy) is 3. The van der Waals surface area contributed by atoms with Crippen molar-refractivity contribution in [2.75, 3.05) is 27.9 Å². The third-order valence-corrected chi connectivity index (χ3v) is 5.37. The molecule has 24 heavy (non-hydrogen) atoms. The van der Waals surface area contributed by atoms with Gasteiger partial charge < -0.3 is 14.2 Å². The molecule has 0 unspecified atom stereocenters. The lowest BCUT2D eigenvalue weighted by atomic mass is 10.1. The van der Waals surface area contributed by atoms with E-state index in [9.17, 15) is 4.79 Å². The molecule has 0 N–H and O–H groups in total. The van der Waals surface area contributed by atoms with E-state index in [2.05, 4.69) is 0 Å². The minimum Gasteiger partial charge on any atom is -0.493 e. The van der Waals surface area contributed by atoms with Crippen molar-refractivity contribution in [3.8, 4) is 17.2 Å². The molecule has 1 aromatic carbocycles. The molecule has 1 aliphatic carbocycles. The predicted molar refractivity (Wildman–Crippen MR) is 98.7 cm³/mol. The lowest BCUT2D eigenvalue weighted by molar-refractivity contribution is -0.122. The summed E-state index contributed by atoms with van der Waals surface area (Å²) in [5, 5.41) is 0. The molecule has 1 saturated heterocycles. The van der Waals surface area contributed by atoms with Gasteiger partial charge in [-0.2, -0.15) is 0 Å². The zero-order valence-corrected chi connectivity index (χ0v) is 15.5. The molecule has 3 rings (SSSR count). The third-order valence-electron chi connectivity index (χ3n) is 4.00. The summed E-state index contributed by atoms with van der Waals surface area (Å²) in [7, 11) is 4.69. The van der Waals surface area contributed by atoms with Crippen LogP contribution in [0.15, 0.2) is 17.0 Å². The van der Waals surface area contributed by atoms with Crippen molar-refractivity contribution < 1.29 is 19.0 Å². The van der Waals surface area contributed by atoms with Gasteiger partial charge in [0.1, 0.15) is 4.32 Å². The molecule has 1 aliphatic heterocycles. The maximum Gasteiger partial charge on any atom is 0.266 e. The van der Waals surface area contributed by atoms with Crippen molar-refractivity contribution in [3.05, 3.63) is 22.6 Å². The number of thiocarbonyl (C=S) groups is 1. The number of rotatable bonds is 6. The first-order chi connectivity index (χ1) is 11.6. The van der Waals surface area contributed by atoms with Crippen LogP contribution in [-0.2, 0) is 4.79 Å². The van der Waals surface area contributed by atoms with Crippen LogP contribution in [0.25, 0.3) is 6.08 Å². The quantitative estimate of drug-likeness (QED) is 0.569. The van der Waals surface area contributed by atoms with Gasteiger partial charge >= 0.3 is 0 Å². The number of hydrogen-bond acceptors (Lipinski definition) is 6. The molecular weight excluding hydrogens is 346 g/mol. The first kappa shape index (κ1) is 17.1. The fourth-order valence-electron chi connectivity index (χ4n) is 2.55. The lowest BCUT2D eigenvalue weighted by Crippen LogP contribution is -2.30. The molecule has 0 spiro atoms. The van der Waals surface area contributed by atoms with Crippen LogP contribution in [0.4, 0.5) is 0 Å². The first-order valence-corrected chi connectivity index (χ1v) is 8.85. The molecule has 2 fully saturated rings. The van der Waals surface area contributed by atoms with E-state index in [1.54, 1.807) is 26.2 Å². The number of methoxy groups -OCH3 is 3. The molecule has 128 valence electrons. The Kier molecular flexibility index (Phi) is 5.01. The minimum absolute atomic E-state index is 0.0225. The van der Waals surface area contributed by atoms with Crippen LogP contribution in [0.1, 0.15) is 18.4 Å². The van der Waals surface area contributed by atoms with Gasteiger partial charge in [0, 0.05) is 6.54 Å². The molecular formula is C17H19NO4S2. The highest BCUT2D eigenvalue weighted by Crippen LogP contribution is 2.41. The topological polar surface area (TPSA) is 48.0 Å². The second-order valence-electron chi connectivity index (χ2n) is 5.69. The van der Waals surface area contributed by atoms with Gasteiger partial charge in [0.05, 0.1) is 26.2 Å². The summed E-state index contributed by atoms with van der Waals surface area (Å²) in [5.41, 5.74) is 0.802. The number of carbonyl (C=O) groups excluding carboxylic acids is 1. The van der Waals surface area contributed by atoms with Gasteiger partial charge in [0.15, 0.2) is 11.5 Å². The predicted octanol–water partition coefficient (Wildman–Crippen LogP) is 3.32. The van der Waals surface area contributed by atoms with Crippen molar-refractivity contribution >= 4 is 40.3 Å². The highest BCUT2D eigenvalue weighted by Gasteiger charge is 2.36. The maximum atomic E-state index is 12.6. The Morgan fingerprint density at radius 3 is 2.33 bits per heavy atom. The SMILES string of the molecule is COc1cc(/C=C2\SC(=S)N(CC3CC3)C2=O)cc(OC)c1OC. The summed E-state index contributed by atoms with van der Waals surface area (Å²) in [6, 6.07) is 3.63. The van der Waals surface area contributed by atoms with E-state index >= 15 is 0 Å². The van der Waals surface area contributed by atoms with Crippen molar-refractivity contribution in [2.45, 2.75) is 12.8 Å². The normalized spacial score (nSPS) is 19.1. The minimum atomic E-state index is -0.0225. The van der Waals surface area contributed by atoms with Crippen LogP contribution in [-0.4, -0.2) is 43.0 Å². The summed E-state index contributed by atoms with van der Waals surface area (Å²) in [4.78, 5) is 14.9. The van der Waals surface area contributed by atoms with Gasteiger partial charge in [-0.05, 0) is 42.5 Å². The van der Waals surface area contributed by atoms with Crippen molar-refractivity contribution in [2.24, 2.45) is 5.92 Å². The molecule has 1 amide bonds. The average Bonchev–Trinajstić information content (AvgIpc) is 3.37. The molecule has 7 heteroatoms. The number of amides is 1. The van der Waals surface area contributed by atoms with E-state index in [4.69, 9.17) is 26.4 Å². The largest absolute Gasteiger partial charge is 0.493 e. The second-order valence-corrected chi connectivity index (χ2v) is 7.37. The fourth-order valence-corrected chi connectivity index (χ4v) is 3.83. The zero-order chi connectivity index (χ0) is 17.3. The van der Waals surface area contributed by atoms with Crippen LogP contribution in [0.2, 0.25) is 0 Å². The first-order valence-electron chi connectivity index (χ1n) is 7.62. The Balaban J connectivity index is 1.90. The fraction of sp³-hybridized carbons (Fsp3) is 0.412. The van der Waals surface area contributed by atoms with Gasteiger partial charge in [-0.1, -0.05) is 24.0 Å². The van der Waals surface area contributed by atoms with Gasteiger partial charge in [0.2, 0.25) is 5.75 Å². The van der Waals surface area contributed by atoms with Crippen molar-refractivity contribution in [1.82, 2.24) is 4.90 Å². The van der Waals surface area contributed by atoms with E-state index < -0.39 is 0 Å². The van der Waals surface area contributed by atoms with E-state index in [0.29, 0.717) is 32.4 Å². The highest BCUT2D eigenvalue weighted by molar-refractivity contribution is 8.26. The maximum absolute atomic E-state index is 12.6. The summed E-state index contributed by atoms with van der Waals surface area (Å²) in [5.74, 6) is 2.21. The Labute approximate surface area is 150 Å². The molecule has 0 bridgehead atoms. The van der Waals surface area contributed by atoms with Gasteiger partial charge in [-0.25, -0.2) is 0 Å².